The fraction of sp³-hybridized carbons (Fsp3) is 1.00. The van der Waals surface area contributed by atoms with Gasteiger partial charge in [0.05, 0.1) is 6.26 Å². The van der Waals surface area contributed by atoms with Crippen LogP contribution in [0.1, 0.15) is 32.6 Å². The molecule has 0 aromatic heterocycles. The molecule has 96 valence electrons. The molecule has 1 rings (SSSR count). The van der Waals surface area contributed by atoms with Crippen LogP contribution in [-0.4, -0.2) is 38.6 Å². The lowest BCUT2D eigenvalue weighted by atomic mass is 9.88. The van der Waals surface area contributed by atoms with E-state index < -0.39 is 10.0 Å². The van der Waals surface area contributed by atoms with Gasteiger partial charge in [-0.25, -0.2) is 12.7 Å². The summed E-state index contributed by atoms with van der Waals surface area (Å²) in [6.07, 6.45) is 5.59. The quantitative estimate of drug-likeness (QED) is 0.790. The highest BCUT2D eigenvalue weighted by Gasteiger charge is 2.26. The average molecular weight is 248 g/mol. The average Bonchev–Trinajstić information content (AvgIpc) is 2.17. The van der Waals surface area contributed by atoms with Crippen LogP contribution in [0, 0.1) is 11.8 Å². The Morgan fingerprint density at radius 3 is 2.75 bits per heavy atom. The largest absolute Gasteiger partial charge is 0.330 e. The van der Waals surface area contributed by atoms with Crippen molar-refractivity contribution in [2.75, 3.05) is 25.9 Å². The minimum absolute atomic E-state index is 0.519. The number of nitrogens with two attached hydrogens (primary N) is 1. The molecule has 2 N–H and O–H groups in total. The first kappa shape index (κ1) is 13.9. The molecule has 5 heteroatoms. The van der Waals surface area contributed by atoms with Crippen LogP contribution in [0.4, 0.5) is 0 Å². The van der Waals surface area contributed by atoms with Crippen molar-refractivity contribution in [2.24, 2.45) is 17.6 Å². The molecule has 0 saturated carbocycles. The van der Waals surface area contributed by atoms with Crippen molar-refractivity contribution in [3.63, 3.8) is 0 Å². The van der Waals surface area contributed by atoms with Gasteiger partial charge in [0.15, 0.2) is 0 Å². The molecule has 2 unspecified atom stereocenters. The lowest BCUT2D eigenvalue weighted by molar-refractivity contribution is 0.232. The number of nitrogens with zero attached hydrogens (tertiary/aromatic N) is 1. The van der Waals surface area contributed by atoms with Crippen molar-refractivity contribution in [3.8, 4) is 0 Å². The number of sulfonamides is 1. The van der Waals surface area contributed by atoms with E-state index in [0.717, 1.165) is 32.2 Å². The molecule has 0 bridgehead atoms. The zero-order valence-corrected chi connectivity index (χ0v) is 11.2. The lowest BCUT2D eigenvalue weighted by Crippen LogP contribution is -2.39. The van der Waals surface area contributed by atoms with Crippen molar-refractivity contribution in [1.82, 2.24) is 4.31 Å². The molecular formula is C11H24N2O2S. The fourth-order valence-corrected chi connectivity index (χ4v) is 3.43. The van der Waals surface area contributed by atoms with Gasteiger partial charge >= 0.3 is 0 Å². The topological polar surface area (TPSA) is 63.4 Å². The molecule has 0 aromatic carbocycles. The highest BCUT2D eigenvalue weighted by molar-refractivity contribution is 7.88. The zero-order valence-electron chi connectivity index (χ0n) is 10.4. The van der Waals surface area contributed by atoms with Crippen molar-refractivity contribution >= 4 is 10.0 Å². The summed E-state index contributed by atoms with van der Waals surface area (Å²) in [4.78, 5) is 0. The molecule has 0 radical (unpaired) electrons. The van der Waals surface area contributed by atoms with E-state index in [1.54, 1.807) is 4.31 Å². The summed E-state index contributed by atoms with van der Waals surface area (Å²) in [6.45, 7) is 4.32. The third-order valence-electron chi connectivity index (χ3n) is 3.35. The predicted octanol–water partition coefficient (Wildman–Crippen LogP) is 1.03. The molecule has 0 aliphatic carbocycles. The van der Waals surface area contributed by atoms with Crippen LogP contribution in [0.25, 0.3) is 0 Å². The second kappa shape index (κ2) is 5.98. The van der Waals surface area contributed by atoms with Gasteiger partial charge in [0.25, 0.3) is 0 Å². The van der Waals surface area contributed by atoms with Gasteiger partial charge < -0.3 is 5.73 Å². The summed E-state index contributed by atoms with van der Waals surface area (Å²) in [5.41, 5.74) is 5.52. The molecule has 1 aliphatic rings. The van der Waals surface area contributed by atoms with Gasteiger partial charge in [0, 0.05) is 13.1 Å². The first-order valence-electron chi connectivity index (χ1n) is 6.08. The van der Waals surface area contributed by atoms with Crippen molar-refractivity contribution in [3.05, 3.63) is 0 Å². The summed E-state index contributed by atoms with van der Waals surface area (Å²) in [6, 6.07) is 0. The number of hydrogen-bond acceptors (Lipinski definition) is 3. The smallest absolute Gasteiger partial charge is 0.211 e. The van der Waals surface area contributed by atoms with Crippen LogP contribution in [-0.2, 0) is 10.0 Å². The van der Waals surface area contributed by atoms with Gasteiger partial charge in [-0.2, -0.15) is 0 Å². The highest BCUT2D eigenvalue weighted by atomic mass is 32.2. The summed E-state index contributed by atoms with van der Waals surface area (Å²) < 4.78 is 24.5. The molecule has 0 spiro atoms. The van der Waals surface area contributed by atoms with Gasteiger partial charge in [-0.3, -0.25) is 0 Å². The van der Waals surface area contributed by atoms with E-state index in [-0.39, 0.29) is 0 Å². The molecule has 4 nitrogen and oxygen atoms in total. The van der Waals surface area contributed by atoms with Gasteiger partial charge in [-0.1, -0.05) is 6.92 Å². The van der Waals surface area contributed by atoms with E-state index >= 15 is 0 Å². The number of piperidine rings is 1. The Morgan fingerprint density at radius 2 is 2.19 bits per heavy atom. The molecule has 16 heavy (non-hydrogen) atoms. The summed E-state index contributed by atoms with van der Waals surface area (Å²) >= 11 is 0. The van der Waals surface area contributed by atoms with E-state index in [0.29, 0.717) is 24.9 Å². The monoisotopic (exact) mass is 248 g/mol. The maximum atomic E-state index is 11.4. The minimum Gasteiger partial charge on any atom is -0.330 e. The van der Waals surface area contributed by atoms with E-state index in [1.165, 1.54) is 6.26 Å². The van der Waals surface area contributed by atoms with Crippen LogP contribution in [0.3, 0.4) is 0 Å². The maximum Gasteiger partial charge on any atom is 0.211 e. The van der Waals surface area contributed by atoms with Gasteiger partial charge in [-0.05, 0) is 44.1 Å². The first-order valence-corrected chi connectivity index (χ1v) is 7.93. The summed E-state index contributed by atoms with van der Waals surface area (Å²) in [5.74, 6) is 1.12. The Morgan fingerprint density at radius 1 is 1.50 bits per heavy atom. The number of hydrogen-bond donors (Lipinski definition) is 1. The molecule has 1 saturated heterocycles. The maximum absolute atomic E-state index is 11.4. The molecule has 2 atom stereocenters. The van der Waals surface area contributed by atoms with E-state index in [4.69, 9.17) is 5.73 Å². The molecule has 0 amide bonds. The van der Waals surface area contributed by atoms with Gasteiger partial charge in [0.2, 0.25) is 10.0 Å². The molecular weight excluding hydrogens is 224 g/mol. The minimum atomic E-state index is -3.00. The van der Waals surface area contributed by atoms with Crippen molar-refractivity contribution in [1.29, 1.82) is 0 Å². The van der Waals surface area contributed by atoms with Crippen LogP contribution >= 0.6 is 0 Å². The highest BCUT2D eigenvalue weighted by Crippen LogP contribution is 2.25. The van der Waals surface area contributed by atoms with Crippen LogP contribution in [0.5, 0.6) is 0 Å². The third-order valence-corrected chi connectivity index (χ3v) is 4.62. The van der Waals surface area contributed by atoms with Crippen LogP contribution in [0.15, 0.2) is 0 Å². The van der Waals surface area contributed by atoms with E-state index in [9.17, 15) is 8.42 Å². The van der Waals surface area contributed by atoms with Crippen molar-refractivity contribution < 1.29 is 8.42 Å². The normalized spacial score (nSPS) is 25.6. The Balaban J connectivity index is 2.45. The third kappa shape index (κ3) is 4.39. The van der Waals surface area contributed by atoms with E-state index in [2.05, 4.69) is 6.92 Å². The van der Waals surface area contributed by atoms with E-state index in [1.807, 2.05) is 0 Å². The lowest BCUT2D eigenvalue weighted by Gasteiger charge is -2.32. The molecule has 1 aliphatic heterocycles. The van der Waals surface area contributed by atoms with Gasteiger partial charge in [0.1, 0.15) is 0 Å². The fourth-order valence-electron chi connectivity index (χ4n) is 2.49. The number of rotatable bonds is 5. The second-order valence-electron chi connectivity index (χ2n) is 5.05. The van der Waals surface area contributed by atoms with Crippen LogP contribution in [0.2, 0.25) is 0 Å². The molecule has 1 heterocycles. The van der Waals surface area contributed by atoms with Gasteiger partial charge in [-0.15, -0.1) is 0 Å². The van der Waals surface area contributed by atoms with Crippen molar-refractivity contribution in [2.45, 2.75) is 32.6 Å². The summed E-state index contributed by atoms with van der Waals surface area (Å²) in [5, 5.41) is 0. The molecule has 1 fully saturated rings. The predicted molar refractivity (Wildman–Crippen MR) is 66.6 cm³/mol. The standard InChI is InChI=1S/C11H24N2O2S/c1-10(5-6-12)8-11-4-3-7-13(9-11)16(2,14)15/h10-11H,3-9,12H2,1-2H3. The Bertz CT molecular complexity index is 303. The second-order valence-corrected chi connectivity index (χ2v) is 7.03. The Kier molecular flexibility index (Phi) is 5.21. The Hall–Kier alpha value is -0.130. The Labute approximate surface area is 99.2 Å². The molecule has 0 aromatic rings. The SMILES string of the molecule is CC(CCN)CC1CCCN(S(C)(=O)=O)C1. The zero-order chi connectivity index (χ0) is 12.2. The first-order chi connectivity index (χ1) is 7.43. The van der Waals surface area contributed by atoms with Crippen LogP contribution < -0.4 is 5.73 Å². The summed E-state index contributed by atoms with van der Waals surface area (Å²) in [7, 11) is -3.00.